The molecular formula is C43H38BN2. The molecule has 3 aliphatic rings. The van der Waals surface area contributed by atoms with Gasteiger partial charge in [0.1, 0.15) is 0 Å². The predicted octanol–water partition coefficient (Wildman–Crippen LogP) is 10.3. The zero-order chi connectivity index (χ0) is 31.4. The Labute approximate surface area is 273 Å². The molecule has 1 heterocycles. The molecule has 1 aliphatic heterocycles. The topological polar surface area (TPSA) is 6.48 Å². The van der Waals surface area contributed by atoms with Crippen molar-refractivity contribution in [3.63, 3.8) is 0 Å². The fourth-order valence-corrected chi connectivity index (χ4v) is 7.58. The van der Waals surface area contributed by atoms with Gasteiger partial charge in [0, 0.05) is 34.1 Å². The standard InChI is InChI=1S/C43H38BN2/c1-29-23-24-30-15-11-13-21-34(30)40(29)46(33-19-9-6-10-20-33)42-36(43(2,3)4)26-28-38-39(42)44-37-27-25-31-16-12-14-22-35(31)41(37)45(38)32-17-7-5-8-18-32/h5-28,35,41H,1-4H3. The van der Waals surface area contributed by atoms with Crippen LogP contribution in [0, 0.1) is 12.8 Å². The second-order valence-corrected chi connectivity index (χ2v) is 13.7. The maximum atomic E-state index is 2.59. The van der Waals surface area contributed by atoms with E-state index in [1.54, 1.807) is 0 Å². The van der Waals surface area contributed by atoms with Crippen LogP contribution in [-0.2, 0) is 5.41 Å². The fraction of sp³-hybridized carbons (Fsp3) is 0.163. The molecule has 0 N–H and O–H groups in total. The first kappa shape index (κ1) is 28.5. The number of benzene rings is 5. The predicted molar refractivity (Wildman–Crippen MR) is 198 cm³/mol. The van der Waals surface area contributed by atoms with E-state index in [9.17, 15) is 0 Å². The van der Waals surface area contributed by atoms with E-state index in [2.05, 4.69) is 190 Å². The highest BCUT2D eigenvalue weighted by atomic mass is 15.2. The Morgan fingerprint density at radius 1 is 0.717 bits per heavy atom. The Morgan fingerprint density at radius 2 is 1.46 bits per heavy atom. The molecule has 0 amide bonds. The monoisotopic (exact) mass is 593 g/mol. The number of hydrogen-bond donors (Lipinski definition) is 0. The molecule has 8 rings (SSSR count). The SMILES string of the molecule is Cc1ccc2ccccc2c1N(c1ccccc1)c1c(C(C)(C)C)ccc2c1[B]C1=CC=C3C=CC=CC3C1N2c1ccccc1. The maximum absolute atomic E-state index is 2.59. The van der Waals surface area contributed by atoms with Crippen LogP contribution in [0.3, 0.4) is 0 Å². The highest BCUT2D eigenvalue weighted by Gasteiger charge is 2.41. The highest BCUT2D eigenvalue weighted by Crippen LogP contribution is 2.49. The molecule has 1 radical (unpaired) electrons. The van der Waals surface area contributed by atoms with Gasteiger partial charge in [0.2, 0.25) is 0 Å². The minimum Gasteiger partial charge on any atom is -0.335 e. The summed E-state index contributed by atoms with van der Waals surface area (Å²) in [5.74, 6) is 0.269. The van der Waals surface area contributed by atoms with Gasteiger partial charge in [-0.25, -0.2) is 0 Å². The van der Waals surface area contributed by atoms with Gasteiger partial charge >= 0.3 is 0 Å². The molecular weight excluding hydrogens is 555 g/mol. The van der Waals surface area contributed by atoms with Crippen LogP contribution in [0.2, 0.25) is 0 Å². The van der Waals surface area contributed by atoms with E-state index >= 15 is 0 Å². The summed E-state index contributed by atoms with van der Waals surface area (Å²) in [5.41, 5.74) is 12.5. The van der Waals surface area contributed by atoms with Crippen molar-refractivity contribution in [1.29, 1.82) is 0 Å². The lowest BCUT2D eigenvalue weighted by molar-refractivity contribution is 0.590. The lowest BCUT2D eigenvalue weighted by atomic mass is 9.52. The van der Waals surface area contributed by atoms with Crippen LogP contribution in [0.1, 0.15) is 31.9 Å². The van der Waals surface area contributed by atoms with Crippen molar-refractivity contribution in [2.75, 3.05) is 9.80 Å². The van der Waals surface area contributed by atoms with Crippen LogP contribution < -0.4 is 15.3 Å². The summed E-state index contributed by atoms with van der Waals surface area (Å²) in [7, 11) is 2.49. The molecule has 223 valence electrons. The second-order valence-electron chi connectivity index (χ2n) is 13.7. The summed E-state index contributed by atoms with van der Waals surface area (Å²) in [4.78, 5) is 5.14. The second kappa shape index (κ2) is 11.1. The molecule has 2 nitrogen and oxygen atoms in total. The third-order valence-electron chi connectivity index (χ3n) is 9.70. The molecule has 0 aromatic heterocycles. The van der Waals surface area contributed by atoms with Crippen molar-refractivity contribution in [3.8, 4) is 0 Å². The summed E-state index contributed by atoms with van der Waals surface area (Å²) < 4.78 is 0. The summed E-state index contributed by atoms with van der Waals surface area (Å²) >= 11 is 0. The van der Waals surface area contributed by atoms with Crippen LogP contribution >= 0.6 is 0 Å². The summed E-state index contributed by atoms with van der Waals surface area (Å²) in [6, 6.07) is 40.1. The molecule has 0 fully saturated rings. The molecule has 0 saturated carbocycles. The fourth-order valence-electron chi connectivity index (χ4n) is 7.58. The van der Waals surface area contributed by atoms with E-state index in [1.165, 1.54) is 61.2 Å². The molecule has 46 heavy (non-hydrogen) atoms. The molecule has 5 aromatic carbocycles. The van der Waals surface area contributed by atoms with E-state index in [1.807, 2.05) is 0 Å². The summed E-state index contributed by atoms with van der Waals surface area (Å²) in [5, 5.41) is 2.49. The first-order valence-corrected chi connectivity index (χ1v) is 16.4. The number of hydrogen-bond acceptors (Lipinski definition) is 2. The van der Waals surface area contributed by atoms with Crippen molar-refractivity contribution in [2.24, 2.45) is 5.92 Å². The molecule has 2 unspecified atom stereocenters. The van der Waals surface area contributed by atoms with Crippen molar-refractivity contribution >= 4 is 52.0 Å². The lowest BCUT2D eigenvalue weighted by Gasteiger charge is -2.48. The Kier molecular flexibility index (Phi) is 6.87. The van der Waals surface area contributed by atoms with Crippen molar-refractivity contribution in [3.05, 3.63) is 168 Å². The Morgan fingerprint density at radius 3 is 2.24 bits per heavy atom. The smallest absolute Gasteiger partial charge is 0.194 e. The van der Waals surface area contributed by atoms with E-state index in [0.29, 0.717) is 0 Å². The van der Waals surface area contributed by atoms with Gasteiger partial charge in [-0.1, -0.05) is 142 Å². The number of para-hydroxylation sites is 2. The van der Waals surface area contributed by atoms with Gasteiger partial charge < -0.3 is 9.80 Å². The molecule has 0 saturated heterocycles. The molecule has 3 heteroatoms. The zero-order valence-corrected chi connectivity index (χ0v) is 27.0. The quantitative estimate of drug-likeness (QED) is 0.191. The molecule has 2 aliphatic carbocycles. The number of fused-ring (bicyclic) bond motifs is 5. The van der Waals surface area contributed by atoms with E-state index < -0.39 is 0 Å². The van der Waals surface area contributed by atoms with Gasteiger partial charge in [0.15, 0.2) is 7.28 Å². The molecule has 0 bridgehead atoms. The average Bonchev–Trinajstić information content (AvgIpc) is 3.08. The van der Waals surface area contributed by atoms with Gasteiger partial charge in [-0.3, -0.25) is 0 Å². The van der Waals surface area contributed by atoms with Crippen LogP contribution in [0.4, 0.5) is 28.4 Å². The van der Waals surface area contributed by atoms with Gasteiger partial charge in [-0.05, 0) is 70.2 Å². The maximum Gasteiger partial charge on any atom is 0.194 e. The summed E-state index contributed by atoms with van der Waals surface area (Å²) in [6.45, 7) is 9.27. The third kappa shape index (κ3) is 4.65. The van der Waals surface area contributed by atoms with E-state index in [4.69, 9.17) is 0 Å². The van der Waals surface area contributed by atoms with Crippen LogP contribution in [0.25, 0.3) is 10.8 Å². The van der Waals surface area contributed by atoms with Crippen LogP contribution in [-0.4, -0.2) is 13.3 Å². The van der Waals surface area contributed by atoms with Crippen molar-refractivity contribution in [2.45, 2.75) is 39.2 Å². The molecule has 2 atom stereocenters. The first-order chi connectivity index (χ1) is 22.4. The van der Waals surface area contributed by atoms with Gasteiger partial charge in [0.25, 0.3) is 0 Å². The van der Waals surface area contributed by atoms with E-state index in [-0.39, 0.29) is 17.4 Å². The van der Waals surface area contributed by atoms with Gasteiger partial charge in [-0.2, -0.15) is 0 Å². The zero-order valence-electron chi connectivity index (χ0n) is 27.0. The van der Waals surface area contributed by atoms with Crippen LogP contribution in [0.5, 0.6) is 0 Å². The third-order valence-corrected chi connectivity index (χ3v) is 9.70. The minimum atomic E-state index is -0.108. The summed E-state index contributed by atoms with van der Waals surface area (Å²) in [6.07, 6.45) is 13.7. The normalized spacial score (nSPS) is 18.2. The first-order valence-electron chi connectivity index (χ1n) is 16.4. The molecule has 5 aromatic rings. The number of nitrogens with zero attached hydrogens (tertiary/aromatic N) is 2. The van der Waals surface area contributed by atoms with Gasteiger partial charge in [0.05, 0.1) is 11.7 Å². The van der Waals surface area contributed by atoms with Gasteiger partial charge in [-0.15, -0.1) is 0 Å². The lowest BCUT2D eigenvalue weighted by Crippen LogP contribution is -2.51. The molecule has 0 spiro atoms. The largest absolute Gasteiger partial charge is 0.335 e. The number of aryl methyl sites for hydroxylation is 1. The van der Waals surface area contributed by atoms with Crippen LogP contribution in [0.15, 0.2) is 157 Å². The Balaban J connectivity index is 1.48. The van der Waals surface area contributed by atoms with Crippen molar-refractivity contribution < 1.29 is 0 Å². The Bertz CT molecular complexity index is 2080. The average molecular weight is 594 g/mol. The number of allylic oxidation sites excluding steroid dienone is 5. The Hall–Kier alpha value is -5.02. The minimum absolute atomic E-state index is 0.108. The van der Waals surface area contributed by atoms with Crippen molar-refractivity contribution in [1.82, 2.24) is 0 Å². The van der Waals surface area contributed by atoms with E-state index in [0.717, 1.165) is 5.69 Å². The number of anilines is 5. The highest BCUT2D eigenvalue weighted by molar-refractivity contribution is 6.66. The number of rotatable bonds is 4.